The van der Waals surface area contributed by atoms with Crippen LogP contribution in [-0.4, -0.2) is 0 Å². The summed E-state index contributed by atoms with van der Waals surface area (Å²) in [6, 6.07) is 17.4. The molecule has 3 heteroatoms. The molecule has 19 heavy (non-hydrogen) atoms. The van der Waals surface area contributed by atoms with Crippen LogP contribution in [0, 0.1) is 28.5 Å². The van der Waals surface area contributed by atoms with Crippen molar-refractivity contribution in [2.75, 3.05) is 0 Å². The van der Waals surface area contributed by atoms with Crippen molar-refractivity contribution in [3.63, 3.8) is 0 Å². The molecule has 2 aromatic carbocycles. The molecule has 0 aliphatic heterocycles. The SMILES string of the molecule is N#Cc1cccc(C(C#N)Cc2ccc(F)cc2)c1. The van der Waals surface area contributed by atoms with Crippen molar-refractivity contribution in [1.29, 1.82) is 10.5 Å². The lowest BCUT2D eigenvalue weighted by molar-refractivity contribution is 0.626. The summed E-state index contributed by atoms with van der Waals surface area (Å²) in [6.07, 6.45) is 0.506. The maximum atomic E-state index is 12.8. The van der Waals surface area contributed by atoms with E-state index in [2.05, 4.69) is 12.1 Å². The fourth-order valence-electron chi connectivity index (χ4n) is 1.92. The summed E-state index contributed by atoms with van der Waals surface area (Å²) in [7, 11) is 0. The molecule has 0 aliphatic rings. The molecule has 2 aromatic rings. The third-order valence-electron chi connectivity index (χ3n) is 2.93. The molecule has 0 amide bonds. The van der Waals surface area contributed by atoms with E-state index in [4.69, 9.17) is 5.26 Å². The zero-order valence-corrected chi connectivity index (χ0v) is 10.2. The molecule has 0 aromatic heterocycles. The molecular weight excluding hydrogens is 239 g/mol. The quantitative estimate of drug-likeness (QED) is 0.836. The first kappa shape index (κ1) is 12.8. The van der Waals surface area contributed by atoms with Crippen molar-refractivity contribution in [3.8, 4) is 12.1 Å². The second-order valence-corrected chi connectivity index (χ2v) is 4.25. The van der Waals surface area contributed by atoms with Crippen molar-refractivity contribution in [1.82, 2.24) is 0 Å². The van der Waals surface area contributed by atoms with Gasteiger partial charge < -0.3 is 0 Å². The summed E-state index contributed by atoms with van der Waals surface area (Å²) in [5.74, 6) is -0.623. The molecule has 0 saturated carbocycles. The Kier molecular flexibility index (Phi) is 3.90. The Bertz CT molecular complexity index is 648. The maximum Gasteiger partial charge on any atom is 0.123 e. The van der Waals surface area contributed by atoms with Crippen molar-refractivity contribution in [2.45, 2.75) is 12.3 Å². The second-order valence-electron chi connectivity index (χ2n) is 4.25. The van der Waals surface area contributed by atoms with Gasteiger partial charge >= 0.3 is 0 Å². The molecule has 0 bridgehead atoms. The minimum absolute atomic E-state index is 0.288. The first-order valence-corrected chi connectivity index (χ1v) is 5.87. The molecule has 0 fully saturated rings. The number of hydrogen-bond acceptors (Lipinski definition) is 2. The zero-order chi connectivity index (χ0) is 13.7. The standard InChI is InChI=1S/C16H11FN2/c17-16-6-4-12(5-7-16)8-15(11-19)14-3-1-2-13(9-14)10-18/h1-7,9,15H,8H2. The number of nitriles is 2. The molecule has 92 valence electrons. The molecule has 0 N–H and O–H groups in total. The largest absolute Gasteiger partial charge is 0.207 e. The number of rotatable bonds is 3. The molecule has 2 nitrogen and oxygen atoms in total. The third-order valence-corrected chi connectivity index (χ3v) is 2.93. The highest BCUT2D eigenvalue weighted by Crippen LogP contribution is 2.21. The minimum atomic E-state index is -0.334. The predicted molar refractivity (Wildman–Crippen MR) is 69.6 cm³/mol. The molecule has 0 aliphatic carbocycles. The Hall–Kier alpha value is -2.65. The van der Waals surface area contributed by atoms with E-state index in [1.807, 2.05) is 6.07 Å². The first-order valence-electron chi connectivity index (χ1n) is 5.87. The van der Waals surface area contributed by atoms with E-state index in [1.54, 1.807) is 30.3 Å². The van der Waals surface area contributed by atoms with Gasteiger partial charge in [-0.25, -0.2) is 4.39 Å². The van der Waals surface area contributed by atoms with Gasteiger partial charge in [-0.2, -0.15) is 10.5 Å². The molecular formula is C16H11FN2. The van der Waals surface area contributed by atoms with Gasteiger partial charge in [0.25, 0.3) is 0 Å². The Morgan fingerprint density at radius 1 is 1.05 bits per heavy atom. The summed E-state index contributed by atoms with van der Waals surface area (Å²) >= 11 is 0. The van der Waals surface area contributed by atoms with Crippen LogP contribution in [0.5, 0.6) is 0 Å². The van der Waals surface area contributed by atoms with Crippen molar-refractivity contribution in [3.05, 3.63) is 71.0 Å². The Morgan fingerprint density at radius 3 is 2.42 bits per heavy atom. The summed E-state index contributed by atoms with van der Waals surface area (Å²) < 4.78 is 12.8. The van der Waals surface area contributed by atoms with Gasteiger partial charge in [0.2, 0.25) is 0 Å². The molecule has 2 rings (SSSR count). The van der Waals surface area contributed by atoms with Crippen LogP contribution in [0.15, 0.2) is 48.5 Å². The minimum Gasteiger partial charge on any atom is -0.207 e. The molecule has 0 radical (unpaired) electrons. The van der Waals surface area contributed by atoms with E-state index in [1.165, 1.54) is 12.1 Å². The Morgan fingerprint density at radius 2 is 1.79 bits per heavy atom. The number of halogens is 1. The van der Waals surface area contributed by atoms with E-state index in [0.717, 1.165) is 11.1 Å². The smallest absolute Gasteiger partial charge is 0.123 e. The summed E-state index contributed by atoms with van der Waals surface area (Å²) in [6.45, 7) is 0. The Balaban J connectivity index is 2.23. The van der Waals surface area contributed by atoms with Gasteiger partial charge in [0, 0.05) is 0 Å². The molecule has 0 saturated heterocycles. The molecule has 1 atom stereocenters. The van der Waals surface area contributed by atoms with E-state index >= 15 is 0 Å². The van der Waals surface area contributed by atoms with Crippen LogP contribution < -0.4 is 0 Å². The van der Waals surface area contributed by atoms with Gasteiger partial charge in [-0.1, -0.05) is 24.3 Å². The summed E-state index contributed by atoms with van der Waals surface area (Å²) in [5.41, 5.74) is 2.25. The summed E-state index contributed by atoms with van der Waals surface area (Å²) in [5, 5.41) is 18.1. The lowest BCUT2D eigenvalue weighted by Gasteiger charge is -2.09. The third kappa shape index (κ3) is 3.18. The van der Waals surface area contributed by atoms with Crippen molar-refractivity contribution >= 4 is 0 Å². The van der Waals surface area contributed by atoms with Gasteiger partial charge in [-0.15, -0.1) is 0 Å². The van der Waals surface area contributed by atoms with Crippen LogP contribution >= 0.6 is 0 Å². The highest BCUT2D eigenvalue weighted by molar-refractivity contribution is 5.37. The number of benzene rings is 2. The van der Waals surface area contributed by atoms with Crippen LogP contribution in [0.2, 0.25) is 0 Å². The average Bonchev–Trinajstić information content (AvgIpc) is 2.46. The highest BCUT2D eigenvalue weighted by Gasteiger charge is 2.12. The highest BCUT2D eigenvalue weighted by atomic mass is 19.1. The second kappa shape index (κ2) is 5.80. The lowest BCUT2D eigenvalue weighted by atomic mass is 9.92. The number of nitrogens with zero attached hydrogens (tertiary/aromatic N) is 2. The topological polar surface area (TPSA) is 47.6 Å². The monoisotopic (exact) mass is 250 g/mol. The average molecular weight is 250 g/mol. The fourth-order valence-corrected chi connectivity index (χ4v) is 1.92. The lowest BCUT2D eigenvalue weighted by Crippen LogP contribution is -2.01. The summed E-state index contributed by atoms with van der Waals surface area (Å²) in [4.78, 5) is 0. The van der Waals surface area contributed by atoms with Crippen LogP contribution in [0.25, 0.3) is 0 Å². The molecule has 0 heterocycles. The van der Waals surface area contributed by atoms with E-state index in [9.17, 15) is 9.65 Å². The van der Waals surface area contributed by atoms with Gasteiger partial charge in [-0.05, 0) is 41.8 Å². The van der Waals surface area contributed by atoms with Gasteiger partial charge in [0.15, 0.2) is 0 Å². The Labute approximate surface area is 111 Å². The van der Waals surface area contributed by atoms with Crippen molar-refractivity contribution < 1.29 is 4.39 Å². The van der Waals surface area contributed by atoms with Crippen LogP contribution in [0.1, 0.15) is 22.6 Å². The van der Waals surface area contributed by atoms with Crippen LogP contribution in [-0.2, 0) is 6.42 Å². The van der Waals surface area contributed by atoms with E-state index < -0.39 is 0 Å². The zero-order valence-electron chi connectivity index (χ0n) is 10.2. The van der Waals surface area contributed by atoms with Gasteiger partial charge in [-0.3, -0.25) is 0 Å². The molecule has 1 unspecified atom stereocenters. The fraction of sp³-hybridized carbons (Fsp3) is 0.125. The predicted octanol–water partition coefficient (Wildman–Crippen LogP) is 3.55. The first-order chi connectivity index (χ1) is 9.22. The van der Waals surface area contributed by atoms with E-state index in [0.29, 0.717) is 12.0 Å². The van der Waals surface area contributed by atoms with Crippen molar-refractivity contribution in [2.24, 2.45) is 0 Å². The van der Waals surface area contributed by atoms with Crippen LogP contribution in [0.4, 0.5) is 4.39 Å². The van der Waals surface area contributed by atoms with E-state index in [-0.39, 0.29) is 11.7 Å². The molecule has 0 spiro atoms. The van der Waals surface area contributed by atoms with Crippen LogP contribution in [0.3, 0.4) is 0 Å². The maximum absolute atomic E-state index is 12.8. The van der Waals surface area contributed by atoms with Gasteiger partial charge in [0.1, 0.15) is 5.82 Å². The number of hydrogen-bond donors (Lipinski definition) is 0. The normalized spacial score (nSPS) is 11.3. The van der Waals surface area contributed by atoms with Gasteiger partial charge in [0.05, 0.1) is 23.6 Å².